The van der Waals surface area contributed by atoms with Gasteiger partial charge in [0.15, 0.2) is 5.16 Å². The van der Waals surface area contributed by atoms with E-state index in [4.69, 9.17) is 4.74 Å². The van der Waals surface area contributed by atoms with Crippen molar-refractivity contribution in [2.75, 3.05) is 23.8 Å². The predicted octanol–water partition coefficient (Wildman–Crippen LogP) is 1.90. The standard InChI is InChI=1S/C17H22N4O3S/c1-2-20(13-7-4-3-5-8-13)15(22)12-25-17-19-18-16(23)21(17)11-14-9-6-10-24-14/h3-5,7-8,14H,2,6,9-12H2,1H3,(H,18,23). The minimum absolute atomic E-state index is 0.0159. The lowest BCUT2D eigenvalue weighted by molar-refractivity contribution is -0.116. The SMILES string of the molecule is CCN(C(=O)CSc1n[nH]c(=O)n1CC1CCCO1)c1ccccc1. The Balaban J connectivity index is 1.65. The fraction of sp³-hybridized carbons (Fsp3) is 0.471. The second-order valence-electron chi connectivity index (χ2n) is 5.82. The Hall–Kier alpha value is -2.06. The largest absolute Gasteiger partial charge is 0.376 e. The van der Waals surface area contributed by atoms with E-state index in [0.717, 1.165) is 25.1 Å². The molecule has 1 aromatic heterocycles. The van der Waals surface area contributed by atoms with E-state index in [9.17, 15) is 9.59 Å². The number of aromatic nitrogens is 3. The Kier molecular flexibility index (Phi) is 5.93. The smallest absolute Gasteiger partial charge is 0.344 e. The molecule has 0 saturated carbocycles. The number of carbonyl (C=O) groups excluding carboxylic acids is 1. The fourth-order valence-electron chi connectivity index (χ4n) is 2.88. The molecule has 3 rings (SSSR count). The van der Waals surface area contributed by atoms with Crippen LogP contribution in [0.4, 0.5) is 5.69 Å². The first-order valence-corrected chi connectivity index (χ1v) is 9.42. The van der Waals surface area contributed by atoms with Crippen LogP contribution in [0.5, 0.6) is 0 Å². The molecule has 1 saturated heterocycles. The van der Waals surface area contributed by atoms with Crippen LogP contribution in [0.2, 0.25) is 0 Å². The molecule has 1 atom stereocenters. The van der Waals surface area contributed by atoms with Gasteiger partial charge in [0.05, 0.1) is 18.4 Å². The molecule has 1 aromatic carbocycles. The number of ether oxygens (including phenoxy) is 1. The molecule has 1 amide bonds. The van der Waals surface area contributed by atoms with Gasteiger partial charge in [0, 0.05) is 18.8 Å². The highest BCUT2D eigenvalue weighted by Gasteiger charge is 2.21. The Bertz CT molecular complexity index is 753. The average Bonchev–Trinajstić information content (AvgIpc) is 3.26. The lowest BCUT2D eigenvalue weighted by Gasteiger charge is -2.20. The third kappa shape index (κ3) is 4.32. The summed E-state index contributed by atoms with van der Waals surface area (Å²) in [7, 11) is 0. The molecule has 0 spiro atoms. The summed E-state index contributed by atoms with van der Waals surface area (Å²) in [6.45, 7) is 3.74. The maximum absolute atomic E-state index is 12.6. The molecule has 25 heavy (non-hydrogen) atoms. The van der Waals surface area contributed by atoms with E-state index >= 15 is 0 Å². The zero-order chi connectivity index (χ0) is 17.6. The van der Waals surface area contributed by atoms with Crippen molar-refractivity contribution in [3.63, 3.8) is 0 Å². The maximum Gasteiger partial charge on any atom is 0.344 e. The lowest BCUT2D eigenvalue weighted by Crippen LogP contribution is -2.32. The molecule has 0 aliphatic carbocycles. The lowest BCUT2D eigenvalue weighted by atomic mass is 10.2. The second-order valence-corrected chi connectivity index (χ2v) is 6.76. The summed E-state index contributed by atoms with van der Waals surface area (Å²) in [6.07, 6.45) is 2.00. The van der Waals surface area contributed by atoms with Gasteiger partial charge in [0.25, 0.3) is 0 Å². The van der Waals surface area contributed by atoms with Gasteiger partial charge in [-0.05, 0) is 31.9 Å². The van der Waals surface area contributed by atoms with Gasteiger partial charge < -0.3 is 9.64 Å². The van der Waals surface area contributed by atoms with E-state index in [0.29, 0.717) is 18.2 Å². The number of thioether (sulfide) groups is 1. The number of hydrogen-bond acceptors (Lipinski definition) is 5. The third-order valence-electron chi connectivity index (χ3n) is 4.14. The molecule has 8 heteroatoms. The van der Waals surface area contributed by atoms with E-state index in [2.05, 4.69) is 10.2 Å². The van der Waals surface area contributed by atoms with Crippen LogP contribution in [0.15, 0.2) is 40.3 Å². The van der Waals surface area contributed by atoms with E-state index in [1.165, 1.54) is 11.8 Å². The minimum Gasteiger partial charge on any atom is -0.376 e. The normalized spacial score (nSPS) is 16.9. The van der Waals surface area contributed by atoms with Crippen LogP contribution >= 0.6 is 11.8 Å². The van der Waals surface area contributed by atoms with Crippen molar-refractivity contribution in [2.24, 2.45) is 0 Å². The van der Waals surface area contributed by atoms with Crippen LogP contribution in [0.25, 0.3) is 0 Å². The second kappa shape index (κ2) is 8.35. The van der Waals surface area contributed by atoms with Crippen molar-refractivity contribution in [1.29, 1.82) is 0 Å². The number of H-pyrrole nitrogens is 1. The van der Waals surface area contributed by atoms with Crippen molar-refractivity contribution in [1.82, 2.24) is 14.8 Å². The zero-order valence-corrected chi connectivity index (χ0v) is 15.0. The number of nitrogens with one attached hydrogen (secondary N) is 1. The molecular formula is C17H22N4O3S. The van der Waals surface area contributed by atoms with Crippen molar-refractivity contribution >= 4 is 23.4 Å². The highest BCUT2D eigenvalue weighted by molar-refractivity contribution is 7.99. The topological polar surface area (TPSA) is 80.2 Å². The van der Waals surface area contributed by atoms with Crippen molar-refractivity contribution in [2.45, 2.75) is 37.6 Å². The number of anilines is 1. The van der Waals surface area contributed by atoms with E-state index in [-0.39, 0.29) is 23.5 Å². The Labute approximate surface area is 150 Å². The number of rotatable bonds is 7. The van der Waals surface area contributed by atoms with Crippen LogP contribution in [0.1, 0.15) is 19.8 Å². The zero-order valence-electron chi connectivity index (χ0n) is 14.2. The number of nitrogens with zero attached hydrogens (tertiary/aromatic N) is 3. The van der Waals surface area contributed by atoms with Crippen molar-refractivity contribution < 1.29 is 9.53 Å². The Morgan fingerprint density at radius 3 is 2.92 bits per heavy atom. The molecule has 1 aliphatic rings. The monoisotopic (exact) mass is 362 g/mol. The van der Waals surface area contributed by atoms with Crippen LogP contribution < -0.4 is 10.6 Å². The predicted molar refractivity (Wildman–Crippen MR) is 97.0 cm³/mol. The van der Waals surface area contributed by atoms with Crippen molar-refractivity contribution in [3.05, 3.63) is 40.8 Å². The van der Waals surface area contributed by atoms with Gasteiger partial charge in [-0.25, -0.2) is 9.89 Å². The number of para-hydroxylation sites is 1. The van der Waals surface area contributed by atoms with Gasteiger partial charge in [0.2, 0.25) is 5.91 Å². The van der Waals surface area contributed by atoms with Crippen LogP contribution in [-0.4, -0.2) is 45.7 Å². The molecular weight excluding hydrogens is 340 g/mol. The summed E-state index contributed by atoms with van der Waals surface area (Å²) in [5.41, 5.74) is 0.607. The minimum atomic E-state index is -0.263. The Morgan fingerprint density at radius 2 is 2.24 bits per heavy atom. The molecule has 2 heterocycles. The first-order chi connectivity index (χ1) is 12.2. The van der Waals surface area contributed by atoms with Crippen LogP contribution in [0.3, 0.4) is 0 Å². The van der Waals surface area contributed by atoms with E-state index < -0.39 is 0 Å². The molecule has 134 valence electrons. The summed E-state index contributed by atoms with van der Waals surface area (Å²) < 4.78 is 7.15. The van der Waals surface area contributed by atoms with Crippen LogP contribution in [-0.2, 0) is 16.1 Å². The van der Waals surface area contributed by atoms with Gasteiger partial charge in [0.1, 0.15) is 0 Å². The molecule has 1 aliphatic heterocycles. The Morgan fingerprint density at radius 1 is 1.44 bits per heavy atom. The van der Waals surface area contributed by atoms with Gasteiger partial charge >= 0.3 is 5.69 Å². The number of benzene rings is 1. The quantitative estimate of drug-likeness (QED) is 0.761. The van der Waals surface area contributed by atoms with Gasteiger partial charge in [-0.2, -0.15) is 0 Å². The maximum atomic E-state index is 12.6. The summed E-state index contributed by atoms with van der Waals surface area (Å²) >= 11 is 1.27. The number of amides is 1. The summed E-state index contributed by atoms with van der Waals surface area (Å²) in [6, 6.07) is 9.56. The van der Waals surface area contributed by atoms with E-state index in [1.807, 2.05) is 37.3 Å². The number of hydrogen-bond donors (Lipinski definition) is 1. The highest BCUT2D eigenvalue weighted by Crippen LogP contribution is 2.20. The molecule has 1 unspecified atom stereocenters. The van der Waals surface area contributed by atoms with Crippen molar-refractivity contribution in [3.8, 4) is 0 Å². The van der Waals surface area contributed by atoms with Gasteiger partial charge in [-0.3, -0.25) is 9.36 Å². The summed E-state index contributed by atoms with van der Waals surface area (Å²) in [5.74, 6) is 0.205. The average molecular weight is 362 g/mol. The summed E-state index contributed by atoms with van der Waals surface area (Å²) in [4.78, 5) is 26.3. The third-order valence-corrected chi connectivity index (χ3v) is 5.10. The van der Waals surface area contributed by atoms with Gasteiger partial charge in [-0.1, -0.05) is 30.0 Å². The van der Waals surface area contributed by atoms with E-state index in [1.54, 1.807) is 9.47 Å². The molecule has 1 N–H and O–H groups in total. The molecule has 2 aromatic rings. The first-order valence-electron chi connectivity index (χ1n) is 8.44. The van der Waals surface area contributed by atoms with Gasteiger partial charge in [-0.15, -0.1) is 5.10 Å². The van der Waals surface area contributed by atoms with Crippen LogP contribution in [0, 0.1) is 0 Å². The number of aromatic amines is 1. The molecule has 0 radical (unpaired) electrons. The molecule has 0 bridgehead atoms. The summed E-state index contributed by atoms with van der Waals surface area (Å²) in [5, 5.41) is 7.04. The number of carbonyl (C=O) groups is 1. The highest BCUT2D eigenvalue weighted by atomic mass is 32.2. The first kappa shape index (κ1) is 17.8. The molecule has 1 fully saturated rings. The molecule has 7 nitrogen and oxygen atoms in total. The fourth-order valence-corrected chi connectivity index (χ4v) is 3.71.